The first kappa shape index (κ1) is 8.76. The molecule has 0 N–H and O–H groups in total. The lowest BCUT2D eigenvalue weighted by atomic mass is 9.91. The zero-order valence-electron chi connectivity index (χ0n) is 8.29. The van der Waals surface area contributed by atoms with Gasteiger partial charge in [0, 0.05) is 7.11 Å². The third-order valence-electron chi connectivity index (χ3n) is 3.13. The smallest absolute Gasteiger partial charge is 0.0927 e. The van der Waals surface area contributed by atoms with Crippen molar-refractivity contribution in [1.82, 2.24) is 0 Å². The lowest BCUT2D eigenvalue weighted by molar-refractivity contribution is -0.0180. The second-order valence-electron chi connectivity index (χ2n) is 3.95. The van der Waals surface area contributed by atoms with Crippen LogP contribution in [0.25, 0.3) is 0 Å². The van der Waals surface area contributed by atoms with Gasteiger partial charge < -0.3 is 4.74 Å². The predicted molar refractivity (Wildman–Crippen MR) is 53.5 cm³/mol. The van der Waals surface area contributed by atoms with Gasteiger partial charge in [-0.05, 0) is 31.2 Å². The molecule has 1 fully saturated rings. The lowest BCUT2D eigenvalue weighted by Crippen LogP contribution is -2.26. The van der Waals surface area contributed by atoms with Crippen molar-refractivity contribution in [3.05, 3.63) is 35.9 Å². The zero-order chi connectivity index (χ0) is 9.31. The maximum Gasteiger partial charge on any atom is 0.0927 e. The van der Waals surface area contributed by atoms with Crippen LogP contribution in [0.15, 0.2) is 30.3 Å². The Labute approximate surface area is 79.7 Å². The summed E-state index contributed by atoms with van der Waals surface area (Å²) in [6.45, 7) is 2.19. The van der Waals surface area contributed by atoms with Gasteiger partial charge in [-0.15, -0.1) is 0 Å². The Morgan fingerprint density at radius 3 is 2.31 bits per heavy atom. The average molecular weight is 176 g/mol. The summed E-state index contributed by atoms with van der Waals surface area (Å²) in [6.07, 6.45) is 2.61. The Kier molecular flexibility index (Phi) is 2.12. The van der Waals surface area contributed by atoms with Crippen molar-refractivity contribution in [2.24, 2.45) is 5.92 Å². The molecular formula is C12H16O. The number of rotatable bonds is 3. The van der Waals surface area contributed by atoms with Crippen molar-refractivity contribution in [2.75, 3.05) is 7.11 Å². The van der Waals surface area contributed by atoms with Crippen molar-refractivity contribution < 1.29 is 4.74 Å². The summed E-state index contributed by atoms with van der Waals surface area (Å²) < 4.78 is 5.65. The lowest BCUT2D eigenvalue weighted by Gasteiger charge is -2.28. The number of benzene rings is 1. The third-order valence-corrected chi connectivity index (χ3v) is 3.13. The van der Waals surface area contributed by atoms with Crippen LogP contribution in [0.4, 0.5) is 0 Å². The van der Waals surface area contributed by atoms with E-state index >= 15 is 0 Å². The van der Waals surface area contributed by atoms with Gasteiger partial charge in [0.05, 0.1) is 5.60 Å². The van der Waals surface area contributed by atoms with Gasteiger partial charge in [0.2, 0.25) is 0 Å². The number of hydrogen-bond acceptors (Lipinski definition) is 1. The molecule has 0 aromatic heterocycles. The summed E-state index contributed by atoms with van der Waals surface area (Å²) in [7, 11) is 1.81. The van der Waals surface area contributed by atoms with E-state index in [0.717, 1.165) is 5.92 Å². The van der Waals surface area contributed by atoms with Gasteiger partial charge in [0.25, 0.3) is 0 Å². The van der Waals surface area contributed by atoms with Crippen LogP contribution < -0.4 is 0 Å². The summed E-state index contributed by atoms with van der Waals surface area (Å²) in [6, 6.07) is 10.5. The minimum Gasteiger partial charge on any atom is -0.374 e. The van der Waals surface area contributed by atoms with E-state index in [1.807, 2.05) is 13.2 Å². The molecule has 0 spiro atoms. The minimum atomic E-state index is -0.0543. The number of hydrogen-bond donors (Lipinski definition) is 0. The Morgan fingerprint density at radius 2 is 1.85 bits per heavy atom. The molecule has 1 aromatic carbocycles. The fraction of sp³-hybridized carbons (Fsp3) is 0.500. The Bertz CT molecular complexity index is 276. The van der Waals surface area contributed by atoms with E-state index in [9.17, 15) is 0 Å². The van der Waals surface area contributed by atoms with E-state index in [4.69, 9.17) is 4.74 Å². The molecule has 1 heteroatoms. The van der Waals surface area contributed by atoms with Gasteiger partial charge in [0.1, 0.15) is 0 Å². The first-order chi connectivity index (χ1) is 6.27. The minimum absolute atomic E-state index is 0.0543. The zero-order valence-corrected chi connectivity index (χ0v) is 8.29. The summed E-state index contributed by atoms with van der Waals surface area (Å²) in [5, 5.41) is 0. The first-order valence-electron chi connectivity index (χ1n) is 4.88. The Hall–Kier alpha value is -0.820. The molecule has 1 unspecified atom stereocenters. The molecule has 1 nitrogen and oxygen atoms in total. The molecule has 1 aliphatic carbocycles. The van der Waals surface area contributed by atoms with Crippen molar-refractivity contribution >= 4 is 0 Å². The van der Waals surface area contributed by atoms with Crippen LogP contribution in [0.5, 0.6) is 0 Å². The van der Waals surface area contributed by atoms with Crippen LogP contribution in [-0.4, -0.2) is 7.11 Å². The van der Waals surface area contributed by atoms with Gasteiger partial charge in [-0.25, -0.2) is 0 Å². The van der Waals surface area contributed by atoms with E-state index in [0.29, 0.717) is 0 Å². The molecule has 0 aliphatic heterocycles. The SMILES string of the molecule is COC(C)(c1ccccc1)C1CC1. The normalized spacial score (nSPS) is 21.1. The second-order valence-corrected chi connectivity index (χ2v) is 3.95. The highest BCUT2D eigenvalue weighted by Crippen LogP contribution is 2.47. The highest BCUT2D eigenvalue weighted by atomic mass is 16.5. The third kappa shape index (κ3) is 1.49. The number of methoxy groups -OCH3 is 1. The Balaban J connectivity index is 2.30. The molecule has 2 rings (SSSR count). The molecule has 0 amide bonds. The molecule has 1 saturated carbocycles. The van der Waals surface area contributed by atoms with Crippen LogP contribution in [0, 0.1) is 5.92 Å². The summed E-state index contributed by atoms with van der Waals surface area (Å²) in [4.78, 5) is 0. The molecule has 1 atom stereocenters. The monoisotopic (exact) mass is 176 g/mol. The Morgan fingerprint density at radius 1 is 1.23 bits per heavy atom. The standard InChI is InChI=1S/C12H16O/c1-12(13-2,11-8-9-11)10-6-4-3-5-7-10/h3-7,11H,8-9H2,1-2H3. The van der Waals surface area contributed by atoms with Crippen molar-refractivity contribution in [3.8, 4) is 0 Å². The fourth-order valence-corrected chi connectivity index (χ4v) is 1.92. The van der Waals surface area contributed by atoms with Crippen molar-refractivity contribution in [3.63, 3.8) is 0 Å². The van der Waals surface area contributed by atoms with Gasteiger partial charge >= 0.3 is 0 Å². The highest BCUT2D eigenvalue weighted by Gasteiger charge is 2.42. The van der Waals surface area contributed by atoms with E-state index in [1.54, 1.807) is 0 Å². The average Bonchev–Trinajstić information content (AvgIpc) is 3.02. The highest BCUT2D eigenvalue weighted by molar-refractivity contribution is 5.24. The summed E-state index contributed by atoms with van der Waals surface area (Å²) in [5.74, 6) is 0.722. The molecule has 0 bridgehead atoms. The predicted octanol–water partition coefficient (Wildman–Crippen LogP) is 2.96. The molecule has 13 heavy (non-hydrogen) atoms. The molecule has 70 valence electrons. The van der Waals surface area contributed by atoms with E-state index in [1.165, 1.54) is 18.4 Å². The second kappa shape index (κ2) is 3.15. The van der Waals surface area contributed by atoms with Crippen LogP contribution in [0.1, 0.15) is 25.3 Å². The van der Waals surface area contributed by atoms with Crippen LogP contribution in [0.3, 0.4) is 0 Å². The summed E-state index contributed by atoms with van der Waals surface area (Å²) in [5.41, 5.74) is 1.25. The topological polar surface area (TPSA) is 9.23 Å². The maximum absolute atomic E-state index is 5.65. The van der Waals surface area contributed by atoms with E-state index in [2.05, 4.69) is 31.2 Å². The molecule has 0 saturated heterocycles. The first-order valence-corrected chi connectivity index (χ1v) is 4.88. The molecule has 1 aliphatic rings. The van der Waals surface area contributed by atoms with Crippen LogP contribution in [-0.2, 0) is 10.3 Å². The molecular weight excluding hydrogens is 160 g/mol. The number of ether oxygens (including phenoxy) is 1. The van der Waals surface area contributed by atoms with Crippen LogP contribution in [0.2, 0.25) is 0 Å². The molecule has 0 radical (unpaired) electrons. The van der Waals surface area contributed by atoms with Gasteiger partial charge in [-0.2, -0.15) is 0 Å². The van der Waals surface area contributed by atoms with Gasteiger partial charge in [-0.1, -0.05) is 30.3 Å². The largest absolute Gasteiger partial charge is 0.374 e. The summed E-state index contributed by atoms with van der Waals surface area (Å²) >= 11 is 0. The molecule has 1 aromatic rings. The quantitative estimate of drug-likeness (QED) is 0.688. The van der Waals surface area contributed by atoms with E-state index in [-0.39, 0.29) is 5.60 Å². The van der Waals surface area contributed by atoms with Crippen molar-refractivity contribution in [1.29, 1.82) is 0 Å². The van der Waals surface area contributed by atoms with Crippen molar-refractivity contribution in [2.45, 2.75) is 25.4 Å². The maximum atomic E-state index is 5.65. The van der Waals surface area contributed by atoms with E-state index < -0.39 is 0 Å². The fourth-order valence-electron chi connectivity index (χ4n) is 1.92. The van der Waals surface area contributed by atoms with Crippen LogP contribution >= 0.6 is 0 Å². The van der Waals surface area contributed by atoms with Gasteiger partial charge in [0.15, 0.2) is 0 Å². The van der Waals surface area contributed by atoms with Gasteiger partial charge in [-0.3, -0.25) is 0 Å². The molecule has 0 heterocycles.